The van der Waals surface area contributed by atoms with Crippen LogP contribution in [0, 0.1) is 6.92 Å². The predicted molar refractivity (Wildman–Crippen MR) is 90.2 cm³/mol. The van der Waals surface area contributed by atoms with Crippen LogP contribution in [0.5, 0.6) is 11.5 Å². The van der Waals surface area contributed by atoms with Crippen LogP contribution in [0.3, 0.4) is 0 Å². The van der Waals surface area contributed by atoms with E-state index < -0.39 is 5.97 Å². The maximum Gasteiger partial charge on any atom is 0.304 e. The lowest BCUT2D eigenvalue weighted by Crippen LogP contribution is -2.07. The van der Waals surface area contributed by atoms with Crippen molar-refractivity contribution in [3.05, 3.63) is 53.6 Å². The molecule has 7 nitrogen and oxygen atoms in total. The molecule has 26 heavy (non-hydrogen) atoms. The molecule has 0 aliphatic carbocycles. The van der Waals surface area contributed by atoms with Crippen LogP contribution in [0.15, 0.2) is 45.4 Å². The fourth-order valence-electron chi connectivity index (χ4n) is 2.92. The van der Waals surface area contributed by atoms with Crippen LogP contribution in [-0.4, -0.2) is 22.7 Å². The van der Waals surface area contributed by atoms with Gasteiger partial charge in [-0.15, -0.1) is 0 Å². The van der Waals surface area contributed by atoms with Gasteiger partial charge in [0.05, 0.1) is 13.0 Å². The van der Waals surface area contributed by atoms with Crippen LogP contribution in [0.2, 0.25) is 0 Å². The molecule has 4 rings (SSSR count). The zero-order valence-corrected chi connectivity index (χ0v) is 14.1. The lowest BCUT2D eigenvalue weighted by molar-refractivity contribution is -0.137. The van der Waals surface area contributed by atoms with Gasteiger partial charge in [-0.3, -0.25) is 4.79 Å². The molecule has 1 aliphatic heterocycles. The Hall–Kier alpha value is -3.22. The molecule has 3 aromatic rings. The van der Waals surface area contributed by atoms with Crippen molar-refractivity contribution in [2.45, 2.75) is 25.9 Å². The number of aromatic nitrogens is 1. The van der Waals surface area contributed by atoms with E-state index in [1.165, 1.54) is 6.26 Å². The van der Waals surface area contributed by atoms with Gasteiger partial charge in [-0.1, -0.05) is 6.07 Å². The number of hydrogen-bond acceptors (Lipinski definition) is 6. The Balaban J connectivity index is 1.41. The number of carbonyl (C=O) groups is 1. The molecule has 1 atom stereocenters. The highest BCUT2D eigenvalue weighted by Crippen LogP contribution is 2.38. The molecule has 3 heterocycles. The largest absolute Gasteiger partial charge is 0.492 e. The summed E-state index contributed by atoms with van der Waals surface area (Å²) in [5.74, 6) is 2.11. The molecule has 0 amide bonds. The minimum Gasteiger partial charge on any atom is -0.492 e. The second-order valence-corrected chi connectivity index (χ2v) is 6.15. The maximum atomic E-state index is 10.9. The molecule has 0 fully saturated rings. The lowest BCUT2D eigenvalue weighted by Gasteiger charge is -2.07. The van der Waals surface area contributed by atoms with E-state index in [0.29, 0.717) is 35.5 Å². The Kier molecular flexibility index (Phi) is 4.12. The van der Waals surface area contributed by atoms with Gasteiger partial charge in [0.1, 0.15) is 35.8 Å². The predicted octanol–water partition coefficient (Wildman–Crippen LogP) is 3.77. The van der Waals surface area contributed by atoms with Crippen LogP contribution < -0.4 is 9.47 Å². The van der Waals surface area contributed by atoms with Crippen LogP contribution in [0.4, 0.5) is 0 Å². The number of rotatable bonds is 6. The molecule has 0 radical (unpaired) electrons. The average Bonchev–Trinajstić information content (AvgIpc) is 3.32. The van der Waals surface area contributed by atoms with Gasteiger partial charge in [0.2, 0.25) is 0 Å². The lowest BCUT2D eigenvalue weighted by atomic mass is 9.98. The van der Waals surface area contributed by atoms with E-state index in [1.54, 1.807) is 18.2 Å². The summed E-state index contributed by atoms with van der Waals surface area (Å²) < 4.78 is 22.2. The third kappa shape index (κ3) is 3.28. The third-order valence-corrected chi connectivity index (χ3v) is 4.18. The highest BCUT2D eigenvalue weighted by molar-refractivity contribution is 5.68. The number of ether oxygens (including phenoxy) is 2. The van der Waals surface area contributed by atoms with Gasteiger partial charge in [-0.05, 0) is 25.1 Å². The number of aliphatic carboxylic acids is 1. The van der Waals surface area contributed by atoms with Crippen LogP contribution in [0.25, 0.3) is 11.7 Å². The van der Waals surface area contributed by atoms with Gasteiger partial charge in [0.25, 0.3) is 5.89 Å². The summed E-state index contributed by atoms with van der Waals surface area (Å²) in [5, 5.41) is 8.95. The molecule has 2 aromatic heterocycles. The summed E-state index contributed by atoms with van der Waals surface area (Å²) in [6.45, 7) is 2.47. The van der Waals surface area contributed by atoms with Crippen molar-refractivity contribution in [2.75, 3.05) is 6.61 Å². The number of benzene rings is 1. The monoisotopic (exact) mass is 355 g/mol. The number of hydrogen-bond donors (Lipinski definition) is 1. The van der Waals surface area contributed by atoms with Crippen molar-refractivity contribution in [3.63, 3.8) is 0 Å². The van der Waals surface area contributed by atoms with Crippen molar-refractivity contribution in [2.24, 2.45) is 0 Å². The van der Waals surface area contributed by atoms with Crippen LogP contribution >= 0.6 is 0 Å². The highest BCUT2D eigenvalue weighted by atomic mass is 16.5. The Morgan fingerprint density at radius 1 is 1.35 bits per heavy atom. The second kappa shape index (κ2) is 6.59. The van der Waals surface area contributed by atoms with Crippen molar-refractivity contribution < 1.29 is 28.2 Å². The fourth-order valence-corrected chi connectivity index (χ4v) is 2.92. The first-order chi connectivity index (χ1) is 12.6. The molecule has 0 saturated heterocycles. The molecule has 1 aromatic carbocycles. The second-order valence-electron chi connectivity index (χ2n) is 6.15. The molecule has 1 N–H and O–H groups in total. The minimum absolute atomic E-state index is 0.0567. The summed E-state index contributed by atoms with van der Waals surface area (Å²) in [4.78, 5) is 15.2. The highest BCUT2D eigenvalue weighted by Gasteiger charge is 2.26. The number of fused-ring (bicyclic) bond motifs is 1. The minimum atomic E-state index is -0.833. The Bertz CT molecular complexity index is 941. The first kappa shape index (κ1) is 16.3. The van der Waals surface area contributed by atoms with Gasteiger partial charge >= 0.3 is 5.97 Å². The SMILES string of the molecule is Cc1ccc(-c2nc(COc3ccc4c(c3)OCC4CC(=O)O)co2)o1. The first-order valence-corrected chi connectivity index (χ1v) is 8.21. The standard InChI is InChI=1S/C19H17NO6/c1-11-2-5-16(26-11)19-20-13(10-25-19)9-23-14-3-4-15-12(6-18(21)22)8-24-17(15)7-14/h2-5,7,10,12H,6,8-9H2,1H3,(H,21,22). The van der Waals surface area contributed by atoms with Crippen molar-refractivity contribution >= 4 is 5.97 Å². The van der Waals surface area contributed by atoms with E-state index in [1.807, 2.05) is 19.1 Å². The molecule has 1 aliphatic rings. The van der Waals surface area contributed by atoms with Gasteiger partial charge < -0.3 is 23.4 Å². The molecule has 0 spiro atoms. The van der Waals surface area contributed by atoms with Crippen LogP contribution in [0.1, 0.15) is 29.4 Å². The zero-order chi connectivity index (χ0) is 18.1. The topological polar surface area (TPSA) is 94.9 Å². The molecular formula is C19H17NO6. The summed E-state index contributed by atoms with van der Waals surface area (Å²) in [5.41, 5.74) is 1.54. The van der Waals surface area contributed by atoms with Gasteiger partial charge in [-0.25, -0.2) is 4.98 Å². The van der Waals surface area contributed by atoms with Crippen LogP contribution in [-0.2, 0) is 11.4 Å². The molecular weight excluding hydrogens is 338 g/mol. The summed E-state index contributed by atoms with van der Waals surface area (Å²) in [6, 6.07) is 9.08. The third-order valence-electron chi connectivity index (χ3n) is 4.18. The van der Waals surface area contributed by atoms with Crippen molar-refractivity contribution in [1.82, 2.24) is 4.98 Å². The molecule has 0 saturated carbocycles. The summed E-state index contributed by atoms with van der Waals surface area (Å²) in [6.07, 6.45) is 1.58. The quantitative estimate of drug-likeness (QED) is 0.719. The van der Waals surface area contributed by atoms with E-state index in [2.05, 4.69) is 4.98 Å². The van der Waals surface area contributed by atoms with Crippen molar-refractivity contribution in [1.29, 1.82) is 0 Å². The Morgan fingerprint density at radius 2 is 2.23 bits per heavy atom. The molecule has 7 heteroatoms. The number of carboxylic acid groups (broad SMARTS) is 1. The number of aryl methyl sites for hydroxylation is 1. The maximum absolute atomic E-state index is 10.9. The fraction of sp³-hybridized carbons (Fsp3) is 0.263. The summed E-state index contributed by atoms with van der Waals surface area (Å²) >= 11 is 0. The zero-order valence-electron chi connectivity index (χ0n) is 14.1. The molecule has 1 unspecified atom stereocenters. The molecule has 134 valence electrons. The Morgan fingerprint density at radius 3 is 3.00 bits per heavy atom. The average molecular weight is 355 g/mol. The number of nitrogens with zero attached hydrogens (tertiary/aromatic N) is 1. The van der Waals surface area contributed by atoms with E-state index in [-0.39, 0.29) is 18.9 Å². The van der Waals surface area contributed by atoms with Gasteiger partial charge in [0, 0.05) is 17.5 Å². The number of oxazole rings is 1. The smallest absolute Gasteiger partial charge is 0.304 e. The van der Waals surface area contributed by atoms with E-state index in [0.717, 1.165) is 11.3 Å². The van der Waals surface area contributed by atoms with E-state index in [9.17, 15) is 4.79 Å². The Labute approximate surface area is 149 Å². The first-order valence-electron chi connectivity index (χ1n) is 8.21. The van der Waals surface area contributed by atoms with Gasteiger partial charge in [0.15, 0.2) is 5.76 Å². The molecule has 0 bridgehead atoms. The van der Waals surface area contributed by atoms with E-state index >= 15 is 0 Å². The normalized spacial score (nSPS) is 15.5. The summed E-state index contributed by atoms with van der Waals surface area (Å²) in [7, 11) is 0. The van der Waals surface area contributed by atoms with E-state index in [4.69, 9.17) is 23.4 Å². The number of carboxylic acids is 1. The van der Waals surface area contributed by atoms with Crippen molar-refractivity contribution in [3.8, 4) is 23.1 Å². The number of furan rings is 1. The van der Waals surface area contributed by atoms with Gasteiger partial charge in [-0.2, -0.15) is 0 Å².